The monoisotopic (exact) mass is 592 g/mol. The molecule has 2 N–H and O–H groups in total. The molecule has 0 aromatic rings. The molecule has 0 bridgehead atoms. The molecule has 1 unspecified atom stereocenters. The van der Waals surface area contributed by atoms with Crippen molar-refractivity contribution in [3.63, 3.8) is 0 Å². The Hall–Kier alpha value is -2.15. The van der Waals surface area contributed by atoms with Crippen LogP contribution in [0, 0.1) is 11.3 Å². The zero-order chi connectivity index (χ0) is 30.8. The molecule has 1 atom stereocenters. The second-order valence-corrected chi connectivity index (χ2v) is 11.1. The molecule has 2 amide bonds. The fourth-order valence-electron chi connectivity index (χ4n) is 3.38. The van der Waals surface area contributed by atoms with Gasteiger partial charge in [-0.25, -0.2) is 9.59 Å². The SMILES string of the molecule is CC(=O)OC(CNC(=O)OCCOCCOCCOC(=O)NCCOCCOCCCCCCC(C)(C)C)C(C)C. The topological polar surface area (TPSA) is 140 Å². The van der Waals surface area contributed by atoms with Crippen LogP contribution in [-0.2, 0) is 38.0 Å². The molecular formula is C29H56N2O10. The highest BCUT2D eigenvalue weighted by Gasteiger charge is 2.17. The number of carbonyl (C=O) groups is 3. The van der Waals surface area contributed by atoms with Gasteiger partial charge in [-0.3, -0.25) is 4.79 Å². The van der Waals surface area contributed by atoms with Gasteiger partial charge in [0, 0.05) is 20.1 Å². The lowest BCUT2D eigenvalue weighted by atomic mass is 9.89. The minimum Gasteiger partial charge on any atom is -0.460 e. The van der Waals surface area contributed by atoms with E-state index in [-0.39, 0.29) is 38.9 Å². The molecule has 0 saturated carbocycles. The van der Waals surface area contributed by atoms with Gasteiger partial charge in [-0.15, -0.1) is 0 Å². The third-order valence-electron chi connectivity index (χ3n) is 5.66. The first-order valence-electron chi connectivity index (χ1n) is 14.8. The van der Waals surface area contributed by atoms with Gasteiger partial charge in [0.2, 0.25) is 0 Å². The number of esters is 1. The zero-order valence-corrected chi connectivity index (χ0v) is 26.3. The Balaban J connectivity index is 3.40. The van der Waals surface area contributed by atoms with Crippen molar-refractivity contribution in [1.29, 1.82) is 0 Å². The van der Waals surface area contributed by atoms with Gasteiger partial charge < -0.3 is 43.8 Å². The number of hydrogen-bond acceptors (Lipinski definition) is 10. The van der Waals surface area contributed by atoms with E-state index in [4.69, 9.17) is 33.2 Å². The van der Waals surface area contributed by atoms with Crippen molar-refractivity contribution in [2.24, 2.45) is 11.3 Å². The quantitative estimate of drug-likeness (QED) is 0.0905. The largest absolute Gasteiger partial charge is 0.460 e. The molecule has 0 heterocycles. The molecule has 242 valence electrons. The predicted octanol–water partition coefficient (Wildman–Crippen LogP) is 4.09. The Morgan fingerprint density at radius 2 is 1.12 bits per heavy atom. The summed E-state index contributed by atoms with van der Waals surface area (Å²) in [6.45, 7) is 15.9. The van der Waals surface area contributed by atoms with Crippen molar-refractivity contribution in [1.82, 2.24) is 10.6 Å². The van der Waals surface area contributed by atoms with E-state index < -0.39 is 24.3 Å². The number of unbranched alkanes of at least 4 members (excludes halogenated alkanes) is 3. The summed E-state index contributed by atoms with van der Waals surface area (Å²) in [6, 6.07) is 0. The predicted molar refractivity (Wildman–Crippen MR) is 155 cm³/mol. The highest BCUT2D eigenvalue weighted by atomic mass is 16.6. The van der Waals surface area contributed by atoms with Crippen LogP contribution < -0.4 is 10.6 Å². The van der Waals surface area contributed by atoms with Crippen LogP contribution in [0.2, 0.25) is 0 Å². The standard InChI is InChI=1S/C29H56N2O10/c1-24(2)26(41-25(3)32)23-31-28(34)40-22-20-38-18-17-37-19-21-39-27(33)30-12-14-36-16-15-35-13-10-8-7-9-11-29(4,5)6/h24,26H,7-23H2,1-6H3,(H,30,33)(H,31,34). The van der Waals surface area contributed by atoms with Crippen LogP contribution in [0.25, 0.3) is 0 Å². The molecule has 0 spiro atoms. The molecule has 0 aromatic heterocycles. The lowest BCUT2D eigenvalue weighted by Crippen LogP contribution is -2.38. The van der Waals surface area contributed by atoms with Gasteiger partial charge in [-0.05, 0) is 24.2 Å². The molecule has 0 fully saturated rings. The van der Waals surface area contributed by atoms with E-state index in [0.29, 0.717) is 45.0 Å². The minimum atomic E-state index is -0.609. The Bertz CT molecular complexity index is 670. The highest BCUT2D eigenvalue weighted by molar-refractivity contribution is 5.68. The summed E-state index contributed by atoms with van der Waals surface area (Å²) in [5.74, 6) is -0.337. The molecule has 41 heavy (non-hydrogen) atoms. The third-order valence-corrected chi connectivity index (χ3v) is 5.66. The average Bonchev–Trinajstić information content (AvgIpc) is 2.89. The summed E-state index contributed by atoms with van der Waals surface area (Å²) in [4.78, 5) is 34.4. The second-order valence-electron chi connectivity index (χ2n) is 11.1. The highest BCUT2D eigenvalue weighted by Crippen LogP contribution is 2.22. The molecule has 12 heteroatoms. The van der Waals surface area contributed by atoms with Gasteiger partial charge in [-0.2, -0.15) is 0 Å². The Morgan fingerprint density at radius 1 is 0.634 bits per heavy atom. The summed E-state index contributed by atoms with van der Waals surface area (Å²) < 4.78 is 36.8. The molecule has 0 aromatic carbocycles. The first-order valence-corrected chi connectivity index (χ1v) is 14.8. The maximum Gasteiger partial charge on any atom is 0.407 e. The van der Waals surface area contributed by atoms with Crippen LogP contribution in [0.15, 0.2) is 0 Å². The van der Waals surface area contributed by atoms with Crippen LogP contribution >= 0.6 is 0 Å². The molecule has 0 rings (SSSR count). The summed E-state index contributed by atoms with van der Waals surface area (Å²) in [5.41, 5.74) is 0.418. The molecule has 0 aliphatic carbocycles. The maximum atomic E-state index is 11.7. The van der Waals surface area contributed by atoms with Gasteiger partial charge in [0.05, 0.1) is 52.8 Å². The van der Waals surface area contributed by atoms with Crippen molar-refractivity contribution >= 4 is 18.2 Å². The molecule has 12 nitrogen and oxygen atoms in total. The van der Waals surface area contributed by atoms with E-state index >= 15 is 0 Å². The van der Waals surface area contributed by atoms with E-state index in [1.54, 1.807) is 0 Å². The van der Waals surface area contributed by atoms with Crippen molar-refractivity contribution < 1.29 is 47.5 Å². The van der Waals surface area contributed by atoms with E-state index in [2.05, 4.69) is 31.4 Å². The van der Waals surface area contributed by atoms with Crippen molar-refractivity contribution in [3.05, 3.63) is 0 Å². The summed E-state index contributed by atoms with van der Waals surface area (Å²) >= 11 is 0. The minimum absolute atomic E-state index is 0.0608. The van der Waals surface area contributed by atoms with Crippen LogP contribution in [0.4, 0.5) is 9.59 Å². The van der Waals surface area contributed by atoms with Gasteiger partial charge in [-0.1, -0.05) is 53.9 Å². The first kappa shape index (κ1) is 38.9. The number of nitrogens with one attached hydrogen (secondary N) is 2. The molecule has 0 radical (unpaired) electrons. The average molecular weight is 593 g/mol. The lowest BCUT2D eigenvalue weighted by Gasteiger charge is -2.20. The number of rotatable bonds is 25. The molecular weight excluding hydrogens is 536 g/mol. The maximum absolute atomic E-state index is 11.7. The fraction of sp³-hybridized carbons (Fsp3) is 0.897. The van der Waals surface area contributed by atoms with Crippen molar-refractivity contribution in [3.8, 4) is 0 Å². The number of amides is 2. The van der Waals surface area contributed by atoms with Crippen molar-refractivity contribution in [2.75, 3.05) is 79.2 Å². The van der Waals surface area contributed by atoms with Crippen LogP contribution in [0.1, 0.15) is 73.6 Å². The van der Waals surface area contributed by atoms with E-state index in [9.17, 15) is 14.4 Å². The van der Waals surface area contributed by atoms with Gasteiger partial charge in [0.1, 0.15) is 19.3 Å². The van der Waals surface area contributed by atoms with Crippen LogP contribution in [-0.4, -0.2) is 103 Å². The van der Waals surface area contributed by atoms with Crippen LogP contribution in [0.5, 0.6) is 0 Å². The summed E-state index contributed by atoms with van der Waals surface area (Å²) in [6.07, 6.45) is 4.50. The number of alkyl carbamates (subject to hydrolysis) is 2. The molecule has 0 aliphatic heterocycles. The van der Waals surface area contributed by atoms with Crippen molar-refractivity contribution in [2.45, 2.75) is 79.8 Å². The lowest BCUT2D eigenvalue weighted by molar-refractivity contribution is -0.148. The van der Waals surface area contributed by atoms with Gasteiger partial charge in [0.15, 0.2) is 0 Å². The number of ether oxygens (including phenoxy) is 7. The van der Waals surface area contributed by atoms with E-state index in [0.717, 1.165) is 13.0 Å². The normalized spacial score (nSPS) is 12.2. The van der Waals surface area contributed by atoms with Crippen LogP contribution in [0.3, 0.4) is 0 Å². The second kappa shape index (κ2) is 25.6. The van der Waals surface area contributed by atoms with E-state index in [1.807, 2.05) is 13.8 Å². The fourth-order valence-corrected chi connectivity index (χ4v) is 3.38. The Morgan fingerprint density at radius 3 is 1.66 bits per heavy atom. The summed E-state index contributed by atoms with van der Waals surface area (Å²) in [7, 11) is 0. The smallest absolute Gasteiger partial charge is 0.407 e. The third kappa shape index (κ3) is 29.2. The summed E-state index contributed by atoms with van der Waals surface area (Å²) in [5, 5.41) is 5.18. The first-order chi connectivity index (χ1) is 19.5. The van der Waals surface area contributed by atoms with E-state index in [1.165, 1.54) is 32.6 Å². The Labute approximate surface area is 246 Å². The van der Waals surface area contributed by atoms with Gasteiger partial charge >= 0.3 is 18.2 Å². The Kier molecular flexibility index (Phi) is 24.2. The number of carbonyl (C=O) groups excluding carboxylic acids is 3. The number of hydrogen-bond donors (Lipinski definition) is 2. The zero-order valence-electron chi connectivity index (χ0n) is 26.3. The molecule has 0 aliphatic rings. The molecule has 0 saturated heterocycles. The van der Waals surface area contributed by atoms with Gasteiger partial charge in [0.25, 0.3) is 0 Å².